The van der Waals surface area contributed by atoms with Crippen molar-refractivity contribution in [3.63, 3.8) is 0 Å². The molecule has 1 fully saturated rings. The molecule has 0 N–H and O–H groups in total. The predicted molar refractivity (Wildman–Crippen MR) is 69.1 cm³/mol. The van der Waals surface area contributed by atoms with Crippen molar-refractivity contribution in [3.05, 3.63) is 35.4 Å². The van der Waals surface area contributed by atoms with Gasteiger partial charge in [0, 0.05) is 13.1 Å². The van der Waals surface area contributed by atoms with Crippen molar-refractivity contribution in [2.75, 3.05) is 13.7 Å². The zero-order chi connectivity index (χ0) is 12.5. The molecule has 1 atom stereocenters. The summed E-state index contributed by atoms with van der Waals surface area (Å²) in [5.41, 5.74) is 2.78. The average Bonchev–Trinajstić information content (AvgIpc) is 3.23. The summed E-state index contributed by atoms with van der Waals surface area (Å²) in [5, 5.41) is 0. The van der Waals surface area contributed by atoms with Gasteiger partial charge in [-0.25, -0.2) is 0 Å². The van der Waals surface area contributed by atoms with Crippen LogP contribution in [0.4, 0.5) is 0 Å². The number of hydrogen-bond acceptors (Lipinski definition) is 3. The largest absolute Gasteiger partial charge is 0.468 e. The molecule has 0 amide bonds. The Kier molecular flexibility index (Phi) is 3.08. The standard InChI is InChI=1S/C15H19NO2/c1-18-15(17)14(12-6-7-12)16-9-8-11-4-2-3-5-13(11)10-16/h2-5,12,14H,6-10H2,1H3. The Bertz CT molecular complexity index is 454. The lowest BCUT2D eigenvalue weighted by Gasteiger charge is -2.34. The Morgan fingerprint density at radius 2 is 2.06 bits per heavy atom. The Morgan fingerprint density at radius 1 is 1.33 bits per heavy atom. The summed E-state index contributed by atoms with van der Waals surface area (Å²) in [5.74, 6) is 0.458. The highest BCUT2D eigenvalue weighted by atomic mass is 16.5. The maximum atomic E-state index is 11.9. The molecule has 18 heavy (non-hydrogen) atoms. The van der Waals surface area contributed by atoms with Gasteiger partial charge in [-0.1, -0.05) is 24.3 Å². The van der Waals surface area contributed by atoms with Crippen molar-refractivity contribution in [2.24, 2.45) is 5.92 Å². The maximum Gasteiger partial charge on any atom is 0.323 e. The van der Waals surface area contributed by atoms with Crippen LogP contribution in [0.2, 0.25) is 0 Å². The first-order valence-corrected chi connectivity index (χ1v) is 6.68. The van der Waals surface area contributed by atoms with Crippen LogP contribution in [0, 0.1) is 5.92 Å². The van der Waals surface area contributed by atoms with E-state index in [1.165, 1.54) is 18.2 Å². The molecule has 1 heterocycles. The van der Waals surface area contributed by atoms with E-state index in [1.54, 1.807) is 0 Å². The van der Waals surface area contributed by atoms with Crippen LogP contribution in [0.5, 0.6) is 0 Å². The Balaban J connectivity index is 1.79. The number of nitrogens with zero attached hydrogens (tertiary/aromatic N) is 1. The molecule has 1 aromatic rings. The average molecular weight is 245 g/mol. The van der Waals surface area contributed by atoms with Crippen molar-refractivity contribution < 1.29 is 9.53 Å². The van der Waals surface area contributed by atoms with E-state index in [2.05, 4.69) is 29.2 Å². The molecule has 1 aliphatic heterocycles. The smallest absolute Gasteiger partial charge is 0.323 e. The van der Waals surface area contributed by atoms with Gasteiger partial charge in [0.1, 0.15) is 6.04 Å². The van der Waals surface area contributed by atoms with Crippen LogP contribution in [-0.2, 0) is 22.5 Å². The fourth-order valence-electron chi connectivity index (χ4n) is 2.93. The summed E-state index contributed by atoms with van der Waals surface area (Å²) >= 11 is 0. The van der Waals surface area contributed by atoms with Crippen LogP contribution in [0.3, 0.4) is 0 Å². The molecular formula is C15H19NO2. The summed E-state index contributed by atoms with van der Waals surface area (Å²) < 4.78 is 4.97. The number of carbonyl (C=O) groups excluding carboxylic acids is 1. The molecule has 3 heteroatoms. The van der Waals surface area contributed by atoms with Crippen molar-refractivity contribution >= 4 is 5.97 Å². The molecule has 1 aliphatic carbocycles. The van der Waals surface area contributed by atoms with Crippen LogP contribution < -0.4 is 0 Å². The van der Waals surface area contributed by atoms with Gasteiger partial charge in [-0.05, 0) is 36.3 Å². The Hall–Kier alpha value is -1.35. The maximum absolute atomic E-state index is 11.9. The summed E-state index contributed by atoms with van der Waals surface area (Å²) in [6.07, 6.45) is 3.37. The van der Waals surface area contributed by atoms with Crippen molar-refractivity contribution in [3.8, 4) is 0 Å². The van der Waals surface area contributed by atoms with E-state index in [-0.39, 0.29) is 12.0 Å². The van der Waals surface area contributed by atoms with Gasteiger partial charge in [-0.2, -0.15) is 0 Å². The fourth-order valence-corrected chi connectivity index (χ4v) is 2.93. The molecular weight excluding hydrogens is 226 g/mol. The van der Waals surface area contributed by atoms with Crippen LogP contribution in [0.25, 0.3) is 0 Å². The van der Waals surface area contributed by atoms with Crippen molar-refractivity contribution in [2.45, 2.75) is 31.8 Å². The van der Waals surface area contributed by atoms with Crippen LogP contribution in [0.1, 0.15) is 24.0 Å². The molecule has 2 aliphatic rings. The summed E-state index contributed by atoms with van der Waals surface area (Å²) in [6.45, 7) is 1.85. The number of methoxy groups -OCH3 is 1. The molecule has 0 spiro atoms. The van der Waals surface area contributed by atoms with Crippen LogP contribution >= 0.6 is 0 Å². The molecule has 1 aromatic carbocycles. The van der Waals surface area contributed by atoms with E-state index in [4.69, 9.17) is 4.74 Å². The van der Waals surface area contributed by atoms with Gasteiger partial charge >= 0.3 is 5.97 Å². The molecule has 1 unspecified atom stereocenters. The summed E-state index contributed by atoms with van der Waals surface area (Å²) in [4.78, 5) is 14.2. The lowest BCUT2D eigenvalue weighted by atomic mass is 9.97. The van der Waals surface area contributed by atoms with Gasteiger partial charge in [0.25, 0.3) is 0 Å². The van der Waals surface area contributed by atoms with Gasteiger partial charge in [0.15, 0.2) is 0 Å². The minimum Gasteiger partial charge on any atom is -0.468 e. The topological polar surface area (TPSA) is 29.5 Å². The number of ether oxygens (including phenoxy) is 1. The highest BCUT2D eigenvalue weighted by molar-refractivity contribution is 5.76. The van der Waals surface area contributed by atoms with E-state index >= 15 is 0 Å². The Morgan fingerprint density at radius 3 is 2.72 bits per heavy atom. The van der Waals surface area contributed by atoms with Crippen molar-refractivity contribution in [1.82, 2.24) is 4.90 Å². The first kappa shape index (κ1) is 11.7. The highest BCUT2D eigenvalue weighted by Gasteiger charge is 2.41. The lowest BCUT2D eigenvalue weighted by molar-refractivity contribution is -0.148. The molecule has 3 rings (SSSR count). The second-order valence-corrected chi connectivity index (χ2v) is 5.29. The first-order chi connectivity index (χ1) is 8.79. The SMILES string of the molecule is COC(=O)C(C1CC1)N1CCc2ccccc2C1. The minimum absolute atomic E-state index is 0.0247. The molecule has 0 bridgehead atoms. The molecule has 0 saturated heterocycles. The van der Waals surface area contributed by atoms with E-state index in [0.717, 1.165) is 32.4 Å². The second kappa shape index (κ2) is 4.73. The van der Waals surface area contributed by atoms with Gasteiger partial charge in [0.2, 0.25) is 0 Å². The highest BCUT2D eigenvalue weighted by Crippen LogP contribution is 2.37. The monoisotopic (exact) mass is 245 g/mol. The number of esters is 1. The number of rotatable bonds is 3. The zero-order valence-electron chi connectivity index (χ0n) is 10.8. The summed E-state index contributed by atoms with van der Waals surface area (Å²) in [7, 11) is 1.50. The molecule has 96 valence electrons. The van der Waals surface area contributed by atoms with E-state index in [9.17, 15) is 4.79 Å². The van der Waals surface area contributed by atoms with E-state index in [1.807, 2.05) is 0 Å². The van der Waals surface area contributed by atoms with E-state index < -0.39 is 0 Å². The third kappa shape index (κ3) is 2.15. The summed E-state index contributed by atoms with van der Waals surface area (Å²) in [6, 6.07) is 8.50. The predicted octanol–water partition coefficient (Wildman–Crippen LogP) is 2.00. The number of hydrogen-bond donors (Lipinski definition) is 0. The molecule has 1 saturated carbocycles. The van der Waals surface area contributed by atoms with E-state index in [0.29, 0.717) is 5.92 Å². The van der Waals surface area contributed by atoms with Crippen LogP contribution in [0.15, 0.2) is 24.3 Å². The number of carbonyl (C=O) groups is 1. The Labute approximate surface area is 108 Å². The van der Waals surface area contributed by atoms with Gasteiger partial charge in [-0.3, -0.25) is 9.69 Å². The third-order valence-electron chi connectivity index (χ3n) is 4.06. The first-order valence-electron chi connectivity index (χ1n) is 6.68. The molecule has 0 radical (unpaired) electrons. The fraction of sp³-hybridized carbons (Fsp3) is 0.533. The molecule has 3 nitrogen and oxygen atoms in total. The molecule has 0 aromatic heterocycles. The third-order valence-corrected chi connectivity index (χ3v) is 4.06. The number of fused-ring (bicyclic) bond motifs is 1. The van der Waals surface area contributed by atoms with Gasteiger partial charge in [-0.15, -0.1) is 0 Å². The number of benzene rings is 1. The normalized spacial score (nSPS) is 21.2. The quantitative estimate of drug-likeness (QED) is 0.763. The van der Waals surface area contributed by atoms with Crippen LogP contribution in [-0.4, -0.2) is 30.6 Å². The minimum atomic E-state index is -0.0584. The van der Waals surface area contributed by atoms with Gasteiger partial charge < -0.3 is 4.74 Å². The van der Waals surface area contributed by atoms with Gasteiger partial charge in [0.05, 0.1) is 7.11 Å². The zero-order valence-corrected chi connectivity index (χ0v) is 10.8. The lowest BCUT2D eigenvalue weighted by Crippen LogP contribution is -2.45. The second-order valence-electron chi connectivity index (χ2n) is 5.29. The van der Waals surface area contributed by atoms with Crippen molar-refractivity contribution in [1.29, 1.82) is 0 Å².